The fourth-order valence-electron chi connectivity index (χ4n) is 15.0. The van der Waals surface area contributed by atoms with E-state index in [1.807, 2.05) is 108 Å². The van der Waals surface area contributed by atoms with Crippen LogP contribution in [0.2, 0.25) is 0 Å². The van der Waals surface area contributed by atoms with E-state index < -0.39 is 155 Å². The SMILES string of the molecule is CC(=O)N[C@H](C(=O)N[C@@H](CC(C)C)C(=O)N[C@@H](CCCCN)C(=O)N[C@@H](CCC(N)=O)C(=O)N[C@@H](Cc1ccccc1)C(=O)CCC/C=C/CCCN[C@@H](CCCCN)C(=O)NCC(=O)N[C@H](C(=O)CCC/C=C/CCCN[C@@H](CCCCN)C(=O)N[C@@H](Cc1c[nH]c2ccccc12)C(=O)N[C@@H](CC(C)C)C(=O)N[C@H](C(=O)N[C@@H](CCCCN)C(N)=O)C(C)C)C(C)C)[C@@H](C)O. The van der Waals surface area contributed by atoms with Crippen LogP contribution in [0, 0.1) is 23.7 Å². The van der Waals surface area contributed by atoms with Gasteiger partial charge < -0.3 is 114 Å². The summed E-state index contributed by atoms with van der Waals surface area (Å²) in [5, 5.41) is 48.1. The molecule has 13 atom stereocenters. The molecule has 131 heavy (non-hydrogen) atoms. The Morgan fingerprint density at radius 3 is 1.29 bits per heavy atom. The van der Waals surface area contributed by atoms with Crippen LogP contribution in [0.5, 0.6) is 0 Å². The second-order valence-electron chi connectivity index (χ2n) is 35.6. The summed E-state index contributed by atoms with van der Waals surface area (Å²) < 4.78 is 0. The zero-order valence-corrected chi connectivity index (χ0v) is 79.2. The van der Waals surface area contributed by atoms with Gasteiger partial charge >= 0.3 is 0 Å². The van der Waals surface area contributed by atoms with Gasteiger partial charge in [0.05, 0.1) is 36.8 Å². The summed E-state index contributed by atoms with van der Waals surface area (Å²) in [6.45, 7) is 19.2. The summed E-state index contributed by atoms with van der Waals surface area (Å²) in [4.78, 5) is 208. The number of nitrogens with one attached hydrogen (secondary N) is 14. The third kappa shape index (κ3) is 47.0. The Morgan fingerprint density at radius 1 is 0.382 bits per heavy atom. The van der Waals surface area contributed by atoms with Gasteiger partial charge in [0.1, 0.15) is 48.3 Å². The van der Waals surface area contributed by atoms with E-state index in [-0.39, 0.29) is 113 Å². The first-order valence-corrected chi connectivity index (χ1v) is 47.2. The molecule has 36 heteroatoms. The highest BCUT2D eigenvalue weighted by molar-refractivity contribution is 5.99. The number of carbonyl (C=O) groups is 15. The molecule has 1 heterocycles. The Labute approximate surface area is 774 Å². The van der Waals surface area contributed by atoms with Gasteiger partial charge in [-0.2, -0.15) is 0 Å². The highest BCUT2D eigenvalue weighted by Gasteiger charge is 2.38. The van der Waals surface area contributed by atoms with Gasteiger partial charge in [0.15, 0.2) is 11.6 Å². The molecule has 0 saturated heterocycles. The van der Waals surface area contributed by atoms with Crippen LogP contribution < -0.4 is 104 Å². The van der Waals surface area contributed by atoms with Crippen molar-refractivity contribution < 1.29 is 77.0 Å². The second kappa shape index (κ2) is 65.2. The summed E-state index contributed by atoms with van der Waals surface area (Å²) in [5.74, 6) is -9.63. The highest BCUT2D eigenvalue weighted by Crippen LogP contribution is 2.22. The normalized spacial score (nSPS) is 14.6. The smallest absolute Gasteiger partial charge is 0.245 e. The molecule has 0 bridgehead atoms. The minimum atomic E-state index is -1.39. The van der Waals surface area contributed by atoms with E-state index in [0.717, 1.165) is 22.0 Å². The Morgan fingerprint density at radius 2 is 0.794 bits per heavy atom. The van der Waals surface area contributed by atoms with Crippen molar-refractivity contribution in [2.24, 2.45) is 58.1 Å². The number of para-hydroxylation sites is 1. The van der Waals surface area contributed by atoms with Crippen LogP contribution in [0.3, 0.4) is 0 Å². The molecule has 3 rings (SSSR count). The summed E-state index contributed by atoms with van der Waals surface area (Å²) >= 11 is 0. The van der Waals surface area contributed by atoms with E-state index in [1.54, 1.807) is 32.2 Å². The number of aliphatic hydroxyl groups excluding tert-OH is 1. The number of hydrogen-bond acceptors (Lipinski definition) is 22. The van der Waals surface area contributed by atoms with Crippen LogP contribution in [0.25, 0.3) is 10.9 Å². The van der Waals surface area contributed by atoms with E-state index in [0.29, 0.717) is 148 Å². The zero-order valence-electron chi connectivity index (χ0n) is 79.2. The summed E-state index contributed by atoms with van der Waals surface area (Å²) in [6.07, 6.45) is 19.1. The number of rotatable bonds is 72. The molecule has 0 spiro atoms. The lowest BCUT2D eigenvalue weighted by atomic mass is 9.96. The van der Waals surface area contributed by atoms with Gasteiger partial charge in [-0.05, 0) is 228 Å². The van der Waals surface area contributed by atoms with Crippen molar-refractivity contribution in [2.75, 3.05) is 45.8 Å². The molecule has 3 aromatic rings. The predicted octanol–water partition coefficient (Wildman–Crippen LogP) is 3.06. The second-order valence-corrected chi connectivity index (χ2v) is 35.6. The number of hydrogen-bond donors (Lipinski definition) is 21. The van der Waals surface area contributed by atoms with Gasteiger partial charge in [0.2, 0.25) is 76.8 Å². The molecule has 27 N–H and O–H groups in total. The molecule has 0 aliphatic heterocycles. The van der Waals surface area contributed by atoms with Gasteiger partial charge in [0, 0.05) is 49.7 Å². The number of Topliss-reactive ketones (excluding diaryl/α,β-unsaturated/α-hetero) is 2. The van der Waals surface area contributed by atoms with Gasteiger partial charge in [0.25, 0.3) is 0 Å². The Bertz CT molecular complexity index is 4060. The van der Waals surface area contributed by atoms with Crippen molar-refractivity contribution in [1.82, 2.24) is 74.1 Å². The molecule has 1 aromatic heterocycles. The maximum atomic E-state index is 14.7. The average molecular weight is 1840 g/mol. The number of nitrogens with two attached hydrogens (primary N) is 6. The van der Waals surface area contributed by atoms with Gasteiger partial charge in [-0.1, -0.05) is 141 Å². The number of primary amides is 2. The minimum Gasteiger partial charge on any atom is -0.391 e. The van der Waals surface area contributed by atoms with Crippen molar-refractivity contribution in [3.05, 3.63) is 96.2 Å². The molecule has 734 valence electrons. The summed E-state index contributed by atoms with van der Waals surface area (Å²) in [6, 6.07) is 3.85. The number of unbranched alkanes of at least 4 members (excludes halogenated alkanes) is 8. The molecule has 36 nitrogen and oxygen atoms in total. The number of aromatic amines is 1. The van der Waals surface area contributed by atoms with Crippen molar-refractivity contribution >= 4 is 99.3 Å². The lowest BCUT2D eigenvalue weighted by Crippen LogP contribution is -2.60. The Kier molecular flexibility index (Phi) is 57.2. The zero-order chi connectivity index (χ0) is 97.3. The van der Waals surface area contributed by atoms with Crippen LogP contribution >= 0.6 is 0 Å². The number of carbonyl (C=O) groups excluding carboxylic acids is 15. The topological polar surface area (TPSA) is 605 Å². The van der Waals surface area contributed by atoms with Crippen molar-refractivity contribution in [1.29, 1.82) is 0 Å². The fraction of sp³-hybridized carbons (Fsp3) is 0.653. The summed E-state index contributed by atoms with van der Waals surface area (Å²) in [5.41, 5.74) is 36.7. The molecule has 0 fully saturated rings. The van der Waals surface area contributed by atoms with Gasteiger partial charge in [-0.3, -0.25) is 71.9 Å². The average Bonchev–Trinajstić information content (AvgIpc) is 1.70. The van der Waals surface area contributed by atoms with Crippen LogP contribution in [0.4, 0.5) is 0 Å². The number of aromatic nitrogens is 1. The molecule has 2 aromatic carbocycles. The van der Waals surface area contributed by atoms with E-state index in [4.69, 9.17) is 34.4 Å². The number of ketones is 2. The standard InChI is InChI=1S/C95H158N20O16/c1-60(2)54-76(113-95(131)85(64(9)116)106-65(10)117)91(127)108-73(43-29-33-51-99)89(125)109-74(46-47-81(100)120)90(126)110-75(56-66-36-20-19-21-37-66)79(118)44-22-15-11-13-17-34-52-102-71(41-27-31-49-97)87(123)105-59-82(121)114-83(62(5)6)80(119)45-23-16-12-14-18-35-53-103-72(42-28-32-50-98)88(124)112-78(57-67-58-104-69-39-25-24-38-68(67)69)92(128)111-77(55-61(3)4)93(129)115-84(63(7)8)94(130)107-70(86(101)122)40-26-30-48-96/h11-14,19-21,24-25,36-39,58,60-64,70-78,83-85,102-104,116H,15-18,22-23,26-35,40-57,59,96-99H2,1-10H3,(H2,100,120)(H2,101,122)(H,105,123)(H,106,117)(H,107,130)(H,108,127)(H,109,125)(H,110,126)(H,111,128)(H,112,124)(H,113,131)(H,114,121)(H,115,129)/b13-11+,14-12+/t64-,70+,71+,72+,73+,74+,75+,76+,77+,78+,83+,84+,85+/m1/s1. The number of amides is 13. The van der Waals surface area contributed by atoms with Crippen LogP contribution in [0.1, 0.15) is 247 Å². The monoisotopic (exact) mass is 1840 g/mol. The molecule has 0 radical (unpaired) electrons. The fourth-order valence-corrected chi connectivity index (χ4v) is 15.0. The number of H-pyrrole nitrogens is 1. The quantitative estimate of drug-likeness (QED) is 0.0285. The third-order valence-corrected chi connectivity index (χ3v) is 22.3. The maximum absolute atomic E-state index is 14.7. The molecular formula is C95H158N20O16. The van der Waals surface area contributed by atoms with Gasteiger partial charge in [-0.25, -0.2) is 0 Å². The van der Waals surface area contributed by atoms with Crippen molar-refractivity contribution in [3.63, 3.8) is 0 Å². The number of fused-ring (bicyclic) bond motifs is 1. The van der Waals surface area contributed by atoms with Crippen LogP contribution in [0.15, 0.2) is 85.1 Å². The van der Waals surface area contributed by atoms with E-state index in [1.165, 1.54) is 13.8 Å². The lowest BCUT2D eigenvalue weighted by Gasteiger charge is -2.29. The molecule has 0 aliphatic rings. The molecule has 0 aliphatic carbocycles. The largest absolute Gasteiger partial charge is 0.391 e. The van der Waals surface area contributed by atoms with Crippen LogP contribution in [-0.2, 0) is 84.8 Å². The molecular weight excluding hydrogens is 1680 g/mol. The predicted molar refractivity (Wildman–Crippen MR) is 508 cm³/mol. The highest BCUT2D eigenvalue weighted by atomic mass is 16.3. The van der Waals surface area contributed by atoms with Crippen molar-refractivity contribution in [3.8, 4) is 0 Å². The van der Waals surface area contributed by atoms with Gasteiger partial charge in [-0.15, -0.1) is 0 Å². The Hall–Kier alpha value is -10.4. The van der Waals surface area contributed by atoms with E-state index >= 15 is 0 Å². The maximum Gasteiger partial charge on any atom is 0.245 e. The third-order valence-electron chi connectivity index (χ3n) is 22.3. The molecule has 0 saturated carbocycles. The molecule has 13 amide bonds. The number of aliphatic hydroxyl groups is 1. The summed E-state index contributed by atoms with van der Waals surface area (Å²) in [7, 11) is 0. The first-order valence-electron chi connectivity index (χ1n) is 47.2. The van der Waals surface area contributed by atoms with Crippen LogP contribution in [-0.4, -0.2) is 223 Å². The first-order chi connectivity index (χ1) is 62.4. The van der Waals surface area contributed by atoms with E-state index in [2.05, 4.69) is 74.1 Å². The minimum absolute atomic E-state index is 0.0646. The molecule has 0 unspecified atom stereocenters. The first kappa shape index (κ1) is 115. The van der Waals surface area contributed by atoms with E-state index in [9.17, 15) is 77.0 Å². The Balaban J connectivity index is 1.58. The number of benzene rings is 2. The van der Waals surface area contributed by atoms with Crippen molar-refractivity contribution in [2.45, 2.75) is 328 Å². The number of allylic oxidation sites excluding steroid dienone is 4. The lowest BCUT2D eigenvalue weighted by molar-refractivity contribution is -0.136.